The third-order valence-corrected chi connectivity index (χ3v) is 4.46. The van der Waals surface area contributed by atoms with Crippen molar-refractivity contribution in [2.75, 3.05) is 5.32 Å². The molecule has 2 aromatic carbocycles. The molecule has 0 unspecified atom stereocenters. The van der Waals surface area contributed by atoms with Crippen LogP contribution in [0.5, 0.6) is 0 Å². The van der Waals surface area contributed by atoms with Crippen LogP contribution in [0.3, 0.4) is 0 Å². The molecule has 7 nitrogen and oxygen atoms in total. The quantitative estimate of drug-likeness (QED) is 0.448. The number of benzene rings is 2. The minimum atomic E-state index is -1.03. The molecule has 0 saturated carbocycles. The number of nitrogens with one attached hydrogen (secondary N) is 1. The average molecular weight is 384 g/mol. The number of rotatable bonds is 6. The maximum absolute atomic E-state index is 12.5. The second-order valence-electron chi connectivity index (χ2n) is 6.99. The van der Waals surface area contributed by atoms with E-state index in [1.54, 1.807) is 0 Å². The first-order valence-corrected chi connectivity index (χ1v) is 8.98. The second kappa shape index (κ2) is 8.65. The maximum atomic E-state index is 12.5. The lowest BCUT2D eigenvalue weighted by molar-refractivity contribution is -0.385. The summed E-state index contributed by atoms with van der Waals surface area (Å²) in [5, 5.41) is 13.7. The van der Waals surface area contributed by atoms with Crippen LogP contribution in [0, 0.1) is 24.0 Å². The zero-order valence-electron chi connectivity index (χ0n) is 16.6. The highest BCUT2D eigenvalue weighted by molar-refractivity contribution is 5.98. The number of ether oxygens (including phenoxy) is 1. The van der Waals surface area contributed by atoms with Gasteiger partial charge in [-0.15, -0.1) is 0 Å². The summed E-state index contributed by atoms with van der Waals surface area (Å²) in [6.45, 7) is 8.99. The fourth-order valence-electron chi connectivity index (χ4n) is 2.84. The van der Waals surface area contributed by atoms with Gasteiger partial charge in [0.05, 0.1) is 10.5 Å². The molecule has 0 aliphatic rings. The fraction of sp³-hybridized carbons (Fsp3) is 0.333. The number of nitro groups is 1. The molecular formula is C21H24N2O5. The van der Waals surface area contributed by atoms with E-state index in [1.165, 1.54) is 32.0 Å². The van der Waals surface area contributed by atoms with Crippen molar-refractivity contribution in [3.05, 3.63) is 68.8 Å². The molecule has 0 bridgehead atoms. The van der Waals surface area contributed by atoms with Crippen LogP contribution in [-0.4, -0.2) is 22.9 Å². The van der Waals surface area contributed by atoms with Gasteiger partial charge in [-0.2, -0.15) is 0 Å². The van der Waals surface area contributed by atoms with Gasteiger partial charge in [0.25, 0.3) is 11.6 Å². The van der Waals surface area contributed by atoms with Crippen LogP contribution in [0.15, 0.2) is 36.4 Å². The average Bonchev–Trinajstić information content (AvgIpc) is 2.62. The lowest BCUT2D eigenvalue weighted by Crippen LogP contribution is -2.30. The van der Waals surface area contributed by atoms with Crippen LogP contribution in [0.1, 0.15) is 53.7 Å². The maximum Gasteiger partial charge on any atom is 0.338 e. The Balaban J connectivity index is 2.12. The SMILES string of the molecule is Cc1cc(C(=O)O[C@@H](C)C(=O)Nc2c(C)cccc2C(C)C)ccc1[N+](=O)[O-]. The predicted molar refractivity (Wildman–Crippen MR) is 107 cm³/mol. The van der Waals surface area contributed by atoms with Crippen LogP contribution in [0.2, 0.25) is 0 Å². The number of carbonyl (C=O) groups excluding carboxylic acids is 2. The standard InChI is InChI=1S/C21H24N2O5/c1-12(2)17-8-6-7-13(3)19(17)22-20(24)15(5)28-21(25)16-9-10-18(23(26)27)14(4)11-16/h6-12,15H,1-5H3,(H,22,24)/t15-/m0/s1. The Hall–Kier alpha value is -3.22. The largest absolute Gasteiger partial charge is 0.449 e. The molecule has 0 aliphatic heterocycles. The minimum absolute atomic E-state index is 0.0805. The van der Waals surface area contributed by atoms with Gasteiger partial charge in [0.1, 0.15) is 0 Å². The van der Waals surface area contributed by atoms with Crippen molar-refractivity contribution < 1.29 is 19.2 Å². The summed E-state index contributed by atoms with van der Waals surface area (Å²) in [7, 11) is 0. The first-order valence-electron chi connectivity index (χ1n) is 8.98. The van der Waals surface area contributed by atoms with E-state index in [2.05, 4.69) is 5.32 Å². The monoisotopic (exact) mass is 384 g/mol. The normalized spacial score (nSPS) is 11.8. The van der Waals surface area contributed by atoms with Crippen LogP contribution < -0.4 is 5.32 Å². The highest BCUT2D eigenvalue weighted by Gasteiger charge is 2.22. The summed E-state index contributed by atoms with van der Waals surface area (Å²) < 4.78 is 5.25. The van der Waals surface area contributed by atoms with E-state index in [9.17, 15) is 19.7 Å². The Morgan fingerprint density at radius 1 is 1.07 bits per heavy atom. The lowest BCUT2D eigenvalue weighted by Gasteiger charge is -2.19. The number of nitro benzene ring substituents is 1. The summed E-state index contributed by atoms with van der Waals surface area (Å²) in [6, 6.07) is 9.72. The van der Waals surface area contributed by atoms with Gasteiger partial charge in [0, 0.05) is 17.3 Å². The third kappa shape index (κ3) is 4.73. The molecular weight excluding hydrogens is 360 g/mol. The number of esters is 1. The second-order valence-corrected chi connectivity index (χ2v) is 6.99. The topological polar surface area (TPSA) is 98.5 Å². The molecule has 0 fully saturated rings. The number of anilines is 1. The predicted octanol–water partition coefficient (Wildman–Crippen LogP) is 4.52. The fourth-order valence-corrected chi connectivity index (χ4v) is 2.84. The number of hydrogen-bond acceptors (Lipinski definition) is 5. The smallest absolute Gasteiger partial charge is 0.338 e. The molecule has 148 valence electrons. The molecule has 0 heterocycles. The van der Waals surface area contributed by atoms with E-state index < -0.39 is 22.9 Å². The van der Waals surface area contributed by atoms with Crippen molar-refractivity contribution in [3.8, 4) is 0 Å². The summed E-state index contributed by atoms with van der Waals surface area (Å²) in [4.78, 5) is 35.2. The minimum Gasteiger partial charge on any atom is -0.449 e. The first kappa shape index (κ1) is 21.1. The summed E-state index contributed by atoms with van der Waals surface area (Å²) in [5.74, 6) is -0.936. The third-order valence-electron chi connectivity index (χ3n) is 4.46. The number of nitrogens with zero attached hydrogens (tertiary/aromatic N) is 1. The number of hydrogen-bond donors (Lipinski definition) is 1. The first-order chi connectivity index (χ1) is 13.1. The summed E-state index contributed by atoms with van der Waals surface area (Å²) in [5.41, 5.74) is 3.06. The highest BCUT2D eigenvalue weighted by atomic mass is 16.6. The van der Waals surface area contributed by atoms with E-state index in [4.69, 9.17) is 4.74 Å². The van der Waals surface area contributed by atoms with Gasteiger partial charge in [-0.05, 0) is 49.9 Å². The van der Waals surface area contributed by atoms with Crippen molar-refractivity contribution in [2.24, 2.45) is 0 Å². The lowest BCUT2D eigenvalue weighted by atomic mass is 9.98. The molecule has 0 aromatic heterocycles. The van der Waals surface area contributed by atoms with Crippen LogP contribution in [0.4, 0.5) is 11.4 Å². The molecule has 1 atom stereocenters. The molecule has 0 aliphatic carbocycles. The number of aryl methyl sites for hydroxylation is 2. The number of para-hydroxylation sites is 1. The van der Waals surface area contributed by atoms with Crippen molar-refractivity contribution >= 4 is 23.3 Å². The number of amides is 1. The van der Waals surface area contributed by atoms with Crippen LogP contribution in [-0.2, 0) is 9.53 Å². The van der Waals surface area contributed by atoms with Gasteiger partial charge in [-0.25, -0.2) is 4.79 Å². The zero-order valence-corrected chi connectivity index (χ0v) is 16.6. The molecule has 28 heavy (non-hydrogen) atoms. The molecule has 2 rings (SSSR count). The molecule has 2 aromatic rings. The van der Waals surface area contributed by atoms with E-state index in [-0.39, 0.29) is 17.2 Å². The van der Waals surface area contributed by atoms with Gasteiger partial charge in [-0.3, -0.25) is 14.9 Å². The van der Waals surface area contributed by atoms with Gasteiger partial charge in [-0.1, -0.05) is 32.0 Å². The Kier molecular flexibility index (Phi) is 6.51. The zero-order chi connectivity index (χ0) is 21.0. The Morgan fingerprint density at radius 3 is 2.32 bits per heavy atom. The molecule has 0 radical (unpaired) electrons. The van der Waals surface area contributed by atoms with Crippen molar-refractivity contribution in [1.29, 1.82) is 0 Å². The van der Waals surface area contributed by atoms with Crippen LogP contribution in [0.25, 0.3) is 0 Å². The summed E-state index contributed by atoms with van der Waals surface area (Å²) in [6.07, 6.45) is -1.03. The number of carbonyl (C=O) groups is 2. The van der Waals surface area contributed by atoms with Gasteiger partial charge >= 0.3 is 5.97 Å². The molecule has 1 amide bonds. The molecule has 1 N–H and O–H groups in total. The summed E-state index contributed by atoms with van der Waals surface area (Å²) >= 11 is 0. The van der Waals surface area contributed by atoms with Crippen LogP contribution >= 0.6 is 0 Å². The van der Waals surface area contributed by atoms with Crippen molar-refractivity contribution in [2.45, 2.75) is 46.6 Å². The molecule has 7 heteroatoms. The Labute approximate surface area is 163 Å². The molecule has 0 spiro atoms. The molecule has 0 saturated heterocycles. The highest BCUT2D eigenvalue weighted by Crippen LogP contribution is 2.27. The van der Waals surface area contributed by atoms with E-state index >= 15 is 0 Å². The van der Waals surface area contributed by atoms with Gasteiger partial charge in [0.15, 0.2) is 6.10 Å². The van der Waals surface area contributed by atoms with Crippen molar-refractivity contribution in [1.82, 2.24) is 0 Å². The Morgan fingerprint density at radius 2 is 1.75 bits per heavy atom. The van der Waals surface area contributed by atoms with Gasteiger partial charge < -0.3 is 10.1 Å². The van der Waals surface area contributed by atoms with Gasteiger partial charge in [0.2, 0.25) is 0 Å². The van der Waals surface area contributed by atoms with Crippen molar-refractivity contribution in [3.63, 3.8) is 0 Å². The Bertz CT molecular complexity index is 921. The van der Waals surface area contributed by atoms with E-state index in [0.29, 0.717) is 5.56 Å². The van der Waals surface area contributed by atoms with E-state index in [0.717, 1.165) is 16.8 Å². The van der Waals surface area contributed by atoms with E-state index in [1.807, 2.05) is 39.0 Å².